The van der Waals surface area contributed by atoms with Crippen molar-refractivity contribution in [1.82, 2.24) is 0 Å². The summed E-state index contributed by atoms with van der Waals surface area (Å²) in [6, 6.07) is 0. The number of hydrogen-bond donors (Lipinski definition) is 1. The van der Waals surface area contributed by atoms with E-state index in [1.165, 1.54) is 25.7 Å². The van der Waals surface area contributed by atoms with Crippen LogP contribution in [0.1, 0.15) is 45.4 Å². The van der Waals surface area contributed by atoms with Crippen LogP contribution in [-0.4, -0.2) is 31.5 Å². The van der Waals surface area contributed by atoms with Gasteiger partial charge in [-0.2, -0.15) is 0 Å². The molecule has 0 unspecified atom stereocenters. The molecule has 2 N–H and O–H groups in total. The summed E-state index contributed by atoms with van der Waals surface area (Å²) in [5.74, 6) is 0.878. The van der Waals surface area contributed by atoms with Crippen LogP contribution >= 0.6 is 0 Å². The number of ether oxygens (including phenoxy) is 2. The first-order valence-electron chi connectivity index (χ1n) is 6.70. The summed E-state index contributed by atoms with van der Waals surface area (Å²) in [4.78, 5) is 0. The first kappa shape index (κ1) is 12.3. The molecule has 1 aliphatic carbocycles. The van der Waals surface area contributed by atoms with Gasteiger partial charge in [0.2, 0.25) is 0 Å². The highest BCUT2D eigenvalue weighted by Crippen LogP contribution is 2.32. The summed E-state index contributed by atoms with van der Waals surface area (Å²) in [7, 11) is 0. The summed E-state index contributed by atoms with van der Waals surface area (Å²) < 4.78 is 11.7. The van der Waals surface area contributed by atoms with Gasteiger partial charge >= 0.3 is 0 Å². The Morgan fingerprint density at radius 3 is 2.38 bits per heavy atom. The highest BCUT2D eigenvalue weighted by Gasteiger charge is 2.35. The largest absolute Gasteiger partial charge is 0.381 e. The van der Waals surface area contributed by atoms with Crippen molar-refractivity contribution >= 4 is 0 Å². The normalized spacial score (nSPS) is 34.9. The Bertz CT molecular complexity index is 206. The molecule has 94 valence electrons. The molecule has 0 radical (unpaired) electrons. The standard InChI is InChI=1S/C13H25NO2/c1-11-2-4-12(5-3-11)16-13(10-14)6-8-15-9-7-13/h11-12H,2-10,14H2,1H3. The van der Waals surface area contributed by atoms with Crippen LogP contribution in [0.15, 0.2) is 0 Å². The summed E-state index contributed by atoms with van der Waals surface area (Å²) >= 11 is 0. The highest BCUT2D eigenvalue weighted by molar-refractivity contribution is 4.86. The molecule has 0 aromatic rings. The summed E-state index contributed by atoms with van der Waals surface area (Å²) in [6.07, 6.45) is 7.42. The van der Waals surface area contributed by atoms with Gasteiger partial charge in [-0.05, 0) is 31.6 Å². The van der Waals surface area contributed by atoms with E-state index in [-0.39, 0.29) is 5.60 Å². The first-order chi connectivity index (χ1) is 7.74. The molecule has 1 saturated heterocycles. The molecule has 3 heteroatoms. The zero-order valence-electron chi connectivity index (χ0n) is 10.4. The lowest BCUT2D eigenvalue weighted by atomic mass is 9.87. The van der Waals surface area contributed by atoms with Crippen LogP contribution in [0.5, 0.6) is 0 Å². The maximum absolute atomic E-state index is 6.31. The molecule has 1 aliphatic heterocycles. The minimum absolute atomic E-state index is 0.0799. The van der Waals surface area contributed by atoms with Gasteiger partial charge in [0.1, 0.15) is 0 Å². The Labute approximate surface area is 98.7 Å². The maximum atomic E-state index is 6.31. The number of hydrogen-bond acceptors (Lipinski definition) is 3. The average Bonchev–Trinajstić information content (AvgIpc) is 2.33. The fourth-order valence-corrected chi connectivity index (χ4v) is 2.81. The van der Waals surface area contributed by atoms with Crippen molar-refractivity contribution in [2.75, 3.05) is 19.8 Å². The second-order valence-electron chi connectivity index (χ2n) is 5.50. The zero-order chi connectivity index (χ0) is 11.4. The quantitative estimate of drug-likeness (QED) is 0.803. The lowest BCUT2D eigenvalue weighted by Gasteiger charge is -2.40. The fourth-order valence-electron chi connectivity index (χ4n) is 2.81. The number of rotatable bonds is 3. The Kier molecular flexibility index (Phi) is 4.22. The Hall–Kier alpha value is -0.120. The lowest BCUT2D eigenvalue weighted by molar-refractivity contribution is -0.147. The molecular weight excluding hydrogens is 202 g/mol. The van der Waals surface area contributed by atoms with E-state index in [0.29, 0.717) is 12.6 Å². The minimum Gasteiger partial charge on any atom is -0.381 e. The van der Waals surface area contributed by atoms with E-state index in [0.717, 1.165) is 32.0 Å². The molecule has 3 nitrogen and oxygen atoms in total. The van der Waals surface area contributed by atoms with E-state index in [4.69, 9.17) is 15.2 Å². The Morgan fingerprint density at radius 1 is 1.19 bits per heavy atom. The predicted molar refractivity (Wildman–Crippen MR) is 64.3 cm³/mol. The molecule has 2 fully saturated rings. The maximum Gasteiger partial charge on any atom is 0.0851 e. The summed E-state index contributed by atoms with van der Waals surface area (Å²) in [5.41, 5.74) is 5.82. The third-order valence-electron chi connectivity index (χ3n) is 4.16. The minimum atomic E-state index is -0.0799. The molecule has 0 aromatic heterocycles. The smallest absolute Gasteiger partial charge is 0.0851 e. The second-order valence-corrected chi connectivity index (χ2v) is 5.50. The van der Waals surface area contributed by atoms with Crippen LogP contribution in [0, 0.1) is 5.92 Å². The van der Waals surface area contributed by atoms with E-state index in [1.807, 2.05) is 0 Å². The van der Waals surface area contributed by atoms with Gasteiger partial charge < -0.3 is 15.2 Å². The van der Waals surface area contributed by atoms with Crippen molar-refractivity contribution in [3.8, 4) is 0 Å². The molecular formula is C13H25NO2. The lowest BCUT2D eigenvalue weighted by Crippen LogP contribution is -2.48. The van der Waals surface area contributed by atoms with Gasteiger partial charge in [-0.1, -0.05) is 6.92 Å². The third kappa shape index (κ3) is 2.96. The molecule has 0 spiro atoms. The number of nitrogens with two attached hydrogens (primary N) is 1. The topological polar surface area (TPSA) is 44.5 Å². The van der Waals surface area contributed by atoms with Gasteiger partial charge in [0.25, 0.3) is 0 Å². The Morgan fingerprint density at radius 2 is 1.81 bits per heavy atom. The van der Waals surface area contributed by atoms with Crippen LogP contribution in [0.25, 0.3) is 0 Å². The van der Waals surface area contributed by atoms with Gasteiger partial charge in [0.15, 0.2) is 0 Å². The van der Waals surface area contributed by atoms with Gasteiger partial charge in [-0.3, -0.25) is 0 Å². The molecule has 0 atom stereocenters. The summed E-state index contributed by atoms with van der Waals surface area (Å²) in [5, 5.41) is 0. The SMILES string of the molecule is CC1CCC(OC2(CN)CCOCC2)CC1. The van der Waals surface area contributed by atoms with Gasteiger partial charge in [-0.25, -0.2) is 0 Å². The molecule has 1 saturated carbocycles. The van der Waals surface area contributed by atoms with E-state index >= 15 is 0 Å². The monoisotopic (exact) mass is 227 g/mol. The molecule has 2 rings (SSSR count). The van der Waals surface area contributed by atoms with Crippen LogP contribution in [0.3, 0.4) is 0 Å². The highest BCUT2D eigenvalue weighted by atomic mass is 16.5. The van der Waals surface area contributed by atoms with E-state index in [9.17, 15) is 0 Å². The molecule has 16 heavy (non-hydrogen) atoms. The average molecular weight is 227 g/mol. The van der Waals surface area contributed by atoms with Crippen molar-refractivity contribution in [3.63, 3.8) is 0 Å². The van der Waals surface area contributed by atoms with Crippen LogP contribution in [0.2, 0.25) is 0 Å². The van der Waals surface area contributed by atoms with E-state index in [1.54, 1.807) is 0 Å². The van der Waals surface area contributed by atoms with Crippen LogP contribution in [-0.2, 0) is 9.47 Å². The second kappa shape index (κ2) is 5.48. The van der Waals surface area contributed by atoms with Gasteiger partial charge in [0.05, 0.1) is 11.7 Å². The zero-order valence-corrected chi connectivity index (χ0v) is 10.4. The first-order valence-corrected chi connectivity index (χ1v) is 6.70. The van der Waals surface area contributed by atoms with Crippen molar-refractivity contribution in [2.45, 2.75) is 57.2 Å². The molecule has 1 heterocycles. The Balaban J connectivity index is 1.86. The molecule has 2 aliphatic rings. The van der Waals surface area contributed by atoms with Crippen molar-refractivity contribution in [3.05, 3.63) is 0 Å². The van der Waals surface area contributed by atoms with Crippen molar-refractivity contribution in [2.24, 2.45) is 11.7 Å². The van der Waals surface area contributed by atoms with Crippen LogP contribution < -0.4 is 5.73 Å². The molecule has 0 amide bonds. The van der Waals surface area contributed by atoms with E-state index in [2.05, 4.69) is 6.92 Å². The third-order valence-corrected chi connectivity index (χ3v) is 4.16. The predicted octanol–water partition coefficient (Wildman–Crippen LogP) is 2.09. The fraction of sp³-hybridized carbons (Fsp3) is 1.00. The van der Waals surface area contributed by atoms with Gasteiger partial charge in [0, 0.05) is 32.6 Å². The van der Waals surface area contributed by atoms with Crippen molar-refractivity contribution in [1.29, 1.82) is 0 Å². The van der Waals surface area contributed by atoms with Gasteiger partial charge in [-0.15, -0.1) is 0 Å². The molecule has 0 bridgehead atoms. The van der Waals surface area contributed by atoms with Crippen molar-refractivity contribution < 1.29 is 9.47 Å². The van der Waals surface area contributed by atoms with Crippen LogP contribution in [0.4, 0.5) is 0 Å². The molecule has 0 aromatic carbocycles. The summed E-state index contributed by atoms with van der Waals surface area (Å²) in [6.45, 7) is 4.59. The van der Waals surface area contributed by atoms with E-state index < -0.39 is 0 Å².